The zero-order valence-electron chi connectivity index (χ0n) is 81.4. The normalized spacial score (nSPS) is 11.8. The lowest BCUT2D eigenvalue weighted by Gasteiger charge is -2.22. The summed E-state index contributed by atoms with van der Waals surface area (Å²) in [5, 5.41) is 22.8. The van der Waals surface area contributed by atoms with E-state index in [2.05, 4.69) is 560 Å². The molecule has 0 aliphatic heterocycles. The van der Waals surface area contributed by atoms with Crippen molar-refractivity contribution in [2.24, 2.45) is 0 Å². The van der Waals surface area contributed by atoms with Gasteiger partial charge in [-0.15, -0.1) is 0 Å². The Bertz CT molecular complexity index is 9320. The van der Waals surface area contributed by atoms with Crippen LogP contribution in [0.2, 0.25) is 0 Å². The third kappa shape index (κ3) is 17.4. The minimum Gasteiger partial charge on any atom is -0.248 e. The van der Waals surface area contributed by atoms with Crippen molar-refractivity contribution in [2.45, 2.75) is 19.3 Å². The maximum Gasteiger partial charge on any atom is 0.0722 e. The number of hydrogen-bond donors (Lipinski definition) is 0. The molecular weight excluding hydrogens is 1770 g/mol. The minimum atomic E-state index is -0.0672. The highest BCUT2D eigenvalue weighted by atomic mass is 14.7. The van der Waals surface area contributed by atoms with Gasteiger partial charge in [-0.25, -0.2) is 19.9 Å². The van der Waals surface area contributed by atoms with Crippen molar-refractivity contribution in [2.75, 3.05) is 0 Å². The van der Waals surface area contributed by atoms with Crippen molar-refractivity contribution in [3.8, 4) is 157 Å². The van der Waals surface area contributed by atoms with Crippen LogP contribution in [0.1, 0.15) is 25.0 Å². The monoisotopic (exact) mass is 1870 g/mol. The lowest BCUT2D eigenvalue weighted by molar-refractivity contribution is 0.661. The van der Waals surface area contributed by atoms with Gasteiger partial charge in [-0.05, 0) is 242 Å². The number of rotatable bonds is 13. The first-order chi connectivity index (χ1) is 72.7. The third-order valence-electron chi connectivity index (χ3n) is 29.2. The van der Waals surface area contributed by atoms with Crippen molar-refractivity contribution in [1.29, 1.82) is 0 Å². The van der Waals surface area contributed by atoms with Gasteiger partial charge < -0.3 is 0 Å². The van der Waals surface area contributed by atoms with Crippen LogP contribution in [-0.2, 0) is 5.41 Å². The second-order valence-electron chi connectivity index (χ2n) is 38.4. The highest BCUT2D eigenvalue weighted by molar-refractivity contribution is 6.27. The predicted molar refractivity (Wildman–Crippen MR) is 623 cm³/mol. The Morgan fingerprint density at radius 2 is 0.381 bits per heavy atom. The third-order valence-corrected chi connectivity index (χ3v) is 29.2. The van der Waals surface area contributed by atoms with Crippen molar-refractivity contribution >= 4 is 97.0 Å². The van der Waals surface area contributed by atoms with Gasteiger partial charge in [0.2, 0.25) is 0 Å². The van der Waals surface area contributed by atoms with Crippen LogP contribution in [0.5, 0.6) is 0 Å². The molecule has 27 aromatic rings. The molecule has 0 radical (unpaired) electrons. The molecule has 4 heterocycles. The Morgan fingerprint density at radius 1 is 0.122 bits per heavy atom. The van der Waals surface area contributed by atoms with Crippen LogP contribution in [0.25, 0.3) is 254 Å². The quantitative estimate of drug-likeness (QED) is 0.0853. The predicted octanol–water partition coefficient (Wildman–Crippen LogP) is 38.7. The van der Waals surface area contributed by atoms with Gasteiger partial charge in [0.15, 0.2) is 0 Å². The fraction of sp³-hybridized carbons (Fsp3) is 0.0210. The second-order valence-corrected chi connectivity index (χ2v) is 38.4. The van der Waals surface area contributed by atoms with E-state index in [0.717, 1.165) is 90.1 Å². The lowest BCUT2D eigenvalue weighted by Crippen LogP contribution is -2.15. The van der Waals surface area contributed by atoms with Gasteiger partial charge in [0.05, 0.1) is 45.6 Å². The van der Waals surface area contributed by atoms with E-state index in [9.17, 15) is 0 Å². The van der Waals surface area contributed by atoms with E-state index in [1.165, 1.54) is 175 Å². The molecule has 147 heavy (non-hydrogen) atoms. The molecule has 4 nitrogen and oxygen atoms in total. The highest BCUT2D eigenvalue weighted by Crippen LogP contribution is 2.54. The van der Waals surface area contributed by atoms with Gasteiger partial charge in [-0.3, -0.25) is 0 Å². The zero-order chi connectivity index (χ0) is 98.1. The molecule has 1 aliphatic rings. The maximum absolute atomic E-state index is 5.24. The number of pyridine rings is 4. The standard InChI is InChI=1S/C37H25N.C36H27N.2C35H23N/c1-4-14-26(15-5-1)34-24-29(25-35(38-34)27-16-6-2-7-17-27)37-32-22-12-10-20-30(32)36(28-18-8-3-9-19-28)31-21-11-13-23-33(31)37;1-36(2)31-20-18-24-11-9-10-16-29(24)35(31)30-19-17-27(21-32(30)36)28-22-33(25-12-5-3-6-13-25)37-34(23-28)26-14-7-4-8-15-26;1-3-11-24(12-4-1)27-21-34(26-14-5-2-6-15-26)36-35(22-27)33-23-32-28-16-8-7-13-25(28)19-20-31(32)29-17-9-10-18-30(29)33;1-3-11-24(12-4-1)27-22-34(25-13-5-2-6-14-25)36-35(23-27)26-19-20-32-30-17-8-7-15-28(30)29-16-9-10-18-31(29)33(32)21-26/h1-25H;3-23H,1-2H3;2*1-23H. The molecule has 690 valence electrons. The first kappa shape index (κ1) is 89.4. The van der Waals surface area contributed by atoms with Crippen LogP contribution in [-0.4, -0.2) is 19.9 Å². The molecule has 0 unspecified atom stereocenters. The van der Waals surface area contributed by atoms with Crippen molar-refractivity contribution < 1.29 is 0 Å². The van der Waals surface area contributed by atoms with E-state index in [1.54, 1.807) is 0 Å². The van der Waals surface area contributed by atoms with Gasteiger partial charge in [0.25, 0.3) is 0 Å². The summed E-state index contributed by atoms with van der Waals surface area (Å²) in [5.74, 6) is 0. The summed E-state index contributed by atoms with van der Waals surface area (Å²) in [6.45, 7) is 4.71. The van der Waals surface area contributed by atoms with Crippen molar-refractivity contribution in [3.63, 3.8) is 0 Å². The number of aromatic nitrogens is 4. The summed E-state index contributed by atoms with van der Waals surface area (Å²) in [4.78, 5) is 20.6. The Labute approximate surface area is 856 Å². The molecule has 28 rings (SSSR count). The summed E-state index contributed by atoms with van der Waals surface area (Å²) in [6, 6.07) is 199. The van der Waals surface area contributed by atoms with Crippen LogP contribution in [0.4, 0.5) is 0 Å². The van der Waals surface area contributed by atoms with E-state index in [1.807, 2.05) is 12.1 Å². The zero-order valence-corrected chi connectivity index (χ0v) is 81.4. The molecule has 0 fully saturated rings. The molecule has 0 spiro atoms. The molecule has 1 aliphatic carbocycles. The molecule has 4 heteroatoms. The first-order valence-electron chi connectivity index (χ1n) is 50.5. The second kappa shape index (κ2) is 39.1. The fourth-order valence-electron chi connectivity index (χ4n) is 22.0. The van der Waals surface area contributed by atoms with E-state index < -0.39 is 0 Å². The first-order valence-corrected chi connectivity index (χ1v) is 50.5. The molecule has 0 amide bonds. The van der Waals surface area contributed by atoms with Crippen molar-refractivity contribution in [1.82, 2.24) is 19.9 Å². The van der Waals surface area contributed by atoms with Crippen LogP contribution >= 0.6 is 0 Å². The van der Waals surface area contributed by atoms with E-state index >= 15 is 0 Å². The summed E-state index contributed by atoms with van der Waals surface area (Å²) in [6.07, 6.45) is 0. The molecule has 0 bridgehead atoms. The Kier molecular flexibility index (Phi) is 23.8. The summed E-state index contributed by atoms with van der Waals surface area (Å²) < 4.78 is 0. The van der Waals surface area contributed by atoms with E-state index in [4.69, 9.17) is 19.9 Å². The maximum atomic E-state index is 5.24. The van der Waals surface area contributed by atoms with E-state index in [0.29, 0.717) is 0 Å². The molecule has 0 N–H and O–H groups in total. The van der Waals surface area contributed by atoms with Gasteiger partial charge in [-0.2, -0.15) is 0 Å². The van der Waals surface area contributed by atoms with Gasteiger partial charge >= 0.3 is 0 Å². The number of fused-ring (bicyclic) bond motifs is 18. The average molecular weight is 1870 g/mol. The Balaban J connectivity index is 0.000000102. The van der Waals surface area contributed by atoms with Gasteiger partial charge in [-0.1, -0.05) is 505 Å². The largest absolute Gasteiger partial charge is 0.248 e. The smallest absolute Gasteiger partial charge is 0.0722 e. The molecular formula is C143H98N4. The highest BCUT2D eigenvalue weighted by Gasteiger charge is 2.37. The summed E-state index contributed by atoms with van der Waals surface area (Å²) >= 11 is 0. The lowest BCUT2D eigenvalue weighted by atomic mass is 9.81. The fourth-order valence-corrected chi connectivity index (χ4v) is 22.0. The number of nitrogens with zero attached hydrogens (tertiary/aromatic N) is 4. The SMILES string of the molecule is CC1(C)c2cc(-c3cc(-c4ccccc4)nc(-c4ccccc4)c3)ccc2-c2c1ccc1ccccc21.c1ccc(-c2cc(-c3c4ccccc4c(-c4ccccc4)c4ccccc34)cc(-c3ccccc3)n2)cc1.c1ccc(-c2cc(-c3ccccc3)nc(-c3cc4c5ccccc5ccc4c4ccccc34)c2)cc1.c1ccc(-c2cc(-c3ccccc3)nc(-c3ccc4c5ccccc5c5ccccc5c4c3)c2)cc1. The molecule has 4 aromatic heterocycles. The Hall–Kier alpha value is -19.0. The molecule has 0 saturated heterocycles. The van der Waals surface area contributed by atoms with Gasteiger partial charge in [0, 0.05) is 49.9 Å². The minimum absolute atomic E-state index is 0.0672. The molecule has 23 aromatic carbocycles. The topological polar surface area (TPSA) is 51.6 Å². The summed E-state index contributed by atoms with van der Waals surface area (Å²) in [7, 11) is 0. The van der Waals surface area contributed by atoms with Crippen LogP contribution in [0, 0.1) is 0 Å². The molecule has 0 atom stereocenters. The van der Waals surface area contributed by atoms with E-state index in [-0.39, 0.29) is 5.41 Å². The number of benzene rings is 23. The van der Waals surface area contributed by atoms with Crippen LogP contribution in [0.3, 0.4) is 0 Å². The van der Waals surface area contributed by atoms with Crippen LogP contribution < -0.4 is 0 Å². The Morgan fingerprint density at radius 3 is 0.789 bits per heavy atom. The number of hydrogen-bond acceptors (Lipinski definition) is 4. The molecule has 0 saturated carbocycles. The summed E-state index contributed by atoms with van der Waals surface area (Å²) in [5.41, 5.74) is 34.4. The van der Waals surface area contributed by atoms with Crippen molar-refractivity contribution in [3.05, 3.63) is 569 Å². The average Bonchev–Trinajstić information content (AvgIpc) is 1.67. The van der Waals surface area contributed by atoms with Gasteiger partial charge in [0.1, 0.15) is 0 Å². The van der Waals surface area contributed by atoms with Crippen LogP contribution in [0.15, 0.2) is 558 Å².